The minimum absolute atomic E-state index is 0. The van der Waals surface area contributed by atoms with Gasteiger partial charge in [0.05, 0.1) is 0 Å². The molecule has 2 unspecified atom stereocenters. The van der Waals surface area contributed by atoms with E-state index < -0.39 is 0 Å². The Morgan fingerprint density at radius 1 is 1.44 bits per heavy atom. The van der Waals surface area contributed by atoms with Gasteiger partial charge in [-0.2, -0.15) is 0 Å². The van der Waals surface area contributed by atoms with E-state index in [0.29, 0.717) is 12.5 Å². The Labute approximate surface area is 183 Å². The number of aliphatic imine (C=N–C) groups is 1. The molecular formula is C19H32IN5OS. The molecule has 1 aromatic rings. The molecule has 8 heteroatoms. The highest BCUT2D eigenvalue weighted by Crippen LogP contribution is 2.24. The van der Waals surface area contributed by atoms with Gasteiger partial charge in [0.1, 0.15) is 0 Å². The van der Waals surface area contributed by atoms with Crippen LogP contribution in [0.3, 0.4) is 0 Å². The SMILES string of the molecule is CCC(=O)N1CCC(NC(=NC)NCC(C)N2CCc3sccc3C2)C1.I. The van der Waals surface area contributed by atoms with Gasteiger partial charge in [0, 0.05) is 63.2 Å². The van der Waals surface area contributed by atoms with E-state index in [4.69, 9.17) is 0 Å². The van der Waals surface area contributed by atoms with Crippen molar-refractivity contribution < 1.29 is 4.79 Å². The van der Waals surface area contributed by atoms with Crippen molar-refractivity contribution in [3.63, 3.8) is 0 Å². The summed E-state index contributed by atoms with van der Waals surface area (Å²) in [5.41, 5.74) is 1.49. The first-order valence-electron chi connectivity index (χ1n) is 9.65. The predicted molar refractivity (Wildman–Crippen MR) is 123 cm³/mol. The highest BCUT2D eigenvalue weighted by molar-refractivity contribution is 14.0. The average Bonchev–Trinajstić information content (AvgIpc) is 3.32. The monoisotopic (exact) mass is 505 g/mol. The summed E-state index contributed by atoms with van der Waals surface area (Å²) in [7, 11) is 1.81. The van der Waals surface area contributed by atoms with Crippen LogP contribution in [0.2, 0.25) is 0 Å². The van der Waals surface area contributed by atoms with Gasteiger partial charge in [-0.05, 0) is 36.8 Å². The van der Waals surface area contributed by atoms with Gasteiger partial charge in [-0.1, -0.05) is 6.92 Å². The van der Waals surface area contributed by atoms with Crippen LogP contribution in [0.5, 0.6) is 0 Å². The highest BCUT2D eigenvalue weighted by Gasteiger charge is 2.26. The first kappa shape index (κ1) is 22.4. The molecule has 0 radical (unpaired) electrons. The number of nitrogens with one attached hydrogen (secondary N) is 2. The van der Waals surface area contributed by atoms with Crippen LogP contribution in [0, 0.1) is 0 Å². The fourth-order valence-corrected chi connectivity index (χ4v) is 4.63. The molecule has 2 aliphatic heterocycles. The van der Waals surface area contributed by atoms with Gasteiger partial charge in [0.2, 0.25) is 5.91 Å². The van der Waals surface area contributed by atoms with Gasteiger partial charge in [0.15, 0.2) is 5.96 Å². The van der Waals surface area contributed by atoms with Crippen molar-refractivity contribution in [1.82, 2.24) is 20.4 Å². The van der Waals surface area contributed by atoms with Crippen LogP contribution >= 0.6 is 35.3 Å². The lowest BCUT2D eigenvalue weighted by molar-refractivity contribution is -0.129. The molecule has 0 saturated carbocycles. The molecule has 0 bridgehead atoms. The van der Waals surface area contributed by atoms with Crippen LogP contribution in [0.15, 0.2) is 16.4 Å². The summed E-state index contributed by atoms with van der Waals surface area (Å²) >= 11 is 1.88. The zero-order chi connectivity index (χ0) is 18.5. The van der Waals surface area contributed by atoms with E-state index in [1.807, 2.05) is 30.2 Å². The van der Waals surface area contributed by atoms with E-state index in [2.05, 4.69) is 38.9 Å². The van der Waals surface area contributed by atoms with Gasteiger partial charge in [0.25, 0.3) is 0 Å². The second-order valence-electron chi connectivity index (χ2n) is 7.21. The Bertz CT molecular complexity index is 650. The Kier molecular flexibility index (Phi) is 8.81. The molecule has 0 aromatic carbocycles. The van der Waals surface area contributed by atoms with Gasteiger partial charge in [-0.25, -0.2) is 0 Å². The van der Waals surface area contributed by atoms with Crippen molar-refractivity contribution in [2.75, 3.05) is 33.2 Å². The molecular weight excluding hydrogens is 473 g/mol. The second-order valence-corrected chi connectivity index (χ2v) is 8.22. The molecule has 27 heavy (non-hydrogen) atoms. The summed E-state index contributed by atoms with van der Waals surface area (Å²) < 4.78 is 0. The number of carbonyl (C=O) groups is 1. The first-order valence-corrected chi connectivity index (χ1v) is 10.5. The molecule has 2 atom stereocenters. The normalized spacial score (nSPS) is 21.4. The van der Waals surface area contributed by atoms with Crippen LogP contribution in [0.4, 0.5) is 0 Å². The van der Waals surface area contributed by atoms with Gasteiger partial charge in [-0.3, -0.25) is 14.7 Å². The molecule has 152 valence electrons. The fraction of sp³-hybridized carbons (Fsp3) is 0.684. The largest absolute Gasteiger partial charge is 0.355 e. The number of nitrogens with zero attached hydrogens (tertiary/aromatic N) is 3. The van der Waals surface area contributed by atoms with Crippen LogP contribution in [-0.4, -0.2) is 67.0 Å². The first-order chi connectivity index (χ1) is 12.6. The van der Waals surface area contributed by atoms with Crippen molar-refractivity contribution in [2.24, 2.45) is 4.99 Å². The molecule has 1 saturated heterocycles. The number of likely N-dealkylation sites (tertiary alicyclic amines) is 1. The number of hydrogen-bond donors (Lipinski definition) is 2. The lowest BCUT2D eigenvalue weighted by Gasteiger charge is -2.33. The molecule has 1 aromatic heterocycles. The number of rotatable bonds is 5. The maximum Gasteiger partial charge on any atom is 0.222 e. The average molecular weight is 505 g/mol. The van der Waals surface area contributed by atoms with Crippen molar-refractivity contribution >= 4 is 47.2 Å². The van der Waals surface area contributed by atoms with E-state index in [9.17, 15) is 4.79 Å². The lowest BCUT2D eigenvalue weighted by atomic mass is 10.1. The number of hydrogen-bond acceptors (Lipinski definition) is 4. The van der Waals surface area contributed by atoms with Crippen LogP contribution in [0.1, 0.15) is 37.1 Å². The standard InChI is InChI=1S/C19H31N5OS.HI/c1-4-18(25)24-8-5-16(13-24)22-19(20-3)21-11-14(2)23-9-6-17-15(12-23)7-10-26-17;/h7,10,14,16H,4-6,8-9,11-13H2,1-3H3,(H2,20,21,22);1H. The maximum absolute atomic E-state index is 11.8. The number of halogens is 1. The van der Waals surface area contributed by atoms with Gasteiger partial charge >= 0.3 is 0 Å². The molecule has 2 aliphatic rings. The number of amides is 1. The third-order valence-corrected chi connectivity index (χ3v) is 6.46. The smallest absolute Gasteiger partial charge is 0.222 e. The number of guanidine groups is 1. The van der Waals surface area contributed by atoms with E-state index >= 15 is 0 Å². The Morgan fingerprint density at radius 2 is 2.26 bits per heavy atom. The Balaban J connectivity index is 0.00000261. The predicted octanol–water partition coefficient (Wildman–Crippen LogP) is 2.29. The van der Waals surface area contributed by atoms with E-state index in [0.717, 1.165) is 51.5 Å². The third kappa shape index (κ3) is 5.80. The maximum atomic E-state index is 11.8. The minimum atomic E-state index is 0. The number of carbonyl (C=O) groups excluding carboxylic acids is 1. The molecule has 6 nitrogen and oxygen atoms in total. The fourth-order valence-electron chi connectivity index (χ4n) is 3.74. The summed E-state index contributed by atoms with van der Waals surface area (Å²) in [5.74, 6) is 1.07. The minimum Gasteiger partial charge on any atom is -0.355 e. The summed E-state index contributed by atoms with van der Waals surface area (Å²) in [6, 6.07) is 3.00. The van der Waals surface area contributed by atoms with Crippen LogP contribution in [-0.2, 0) is 17.8 Å². The summed E-state index contributed by atoms with van der Waals surface area (Å²) in [4.78, 5) is 22.2. The molecule has 0 aliphatic carbocycles. The number of thiophene rings is 1. The Morgan fingerprint density at radius 3 is 3.00 bits per heavy atom. The van der Waals surface area contributed by atoms with Gasteiger partial charge < -0.3 is 15.5 Å². The lowest BCUT2D eigenvalue weighted by Crippen LogP contribution is -2.49. The van der Waals surface area contributed by atoms with Crippen molar-refractivity contribution in [1.29, 1.82) is 0 Å². The van der Waals surface area contributed by atoms with Crippen LogP contribution in [0.25, 0.3) is 0 Å². The molecule has 0 spiro atoms. The zero-order valence-electron chi connectivity index (χ0n) is 16.5. The van der Waals surface area contributed by atoms with Crippen molar-refractivity contribution in [3.05, 3.63) is 21.9 Å². The summed E-state index contributed by atoms with van der Waals surface area (Å²) in [6.07, 6.45) is 2.72. The molecule has 3 rings (SSSR count). The van der Waals surface area contributed by atoms with Gasteiger partial charge in [-0.15, -0.1) is 35.3 Å². The molecule has 1 fully saturated rings. The van der Waals surface area contributed by atoms with E-state index in [1.165, 1.54) is 5.56 Å². The van der Waals surface area contributed by atoms with Crippen LogP contribution < -0.4 is 10.6 Å². The van der Waals surface area contributed by atoms with E-state index in [-0.39, 0.29) is 35.9 Å². The Hall–Kier alpha value is -0.870. The topological polar surface area (TPSA) is 60.0 Å². The second kappa shape index (κ2) is 10.6. The van der Waals surface area contributed by atoms with Crippen molar-refractivity contribution in [3.8, 4) is 0 Å². The van der Waals surface area contributed by atoms with Crippen molar-refractivity contribution in [2.45, 2.75) is 51.7 Å². The van der Waals surface area contributed by atoms with E-state index in [1.54, 1.807) is 4.88 Å². The summed E-state index contributed by atoms with van der Waals surface area (Å²) in [6.45, 7) is 8.84. The zero-order valence-corrected chi connectivity index (χ0v) is 19.7. The highest BCUT2D eigenvalue weighted by atomic mass is 127. The molecule has 1 amide bonds. The number of fused-ring (bicyclic) bond motifs is 1. The third-order valence-electron chi connectivity index (χ3n) is 5.43. The molecule has 3 heterocycles. The summed E-state index contributed by atoms with van der Waals surface area (Å²) in [5, 5.41) is 9.14. The molecule has 2 N–H and O–H groups in total. The quantitative estimate of drug-likeness (QED) is 0.367.